The molecule has 65 heavy (non-hydrogen) atoms. The molecule has 0 N–H and O–H groups in total. The SMILES string of the molecule is CCCCCCCCCCCCCCCC(=O)OCC(COP(=O)([O-])OCC[N+](C)(C)C)OC(=O)CSS[C@H]1CC[C@@]2(C)C(=CC[C@H]3[C@@H]4CC[C@H]([C@H](C)CCCC(C)C)[C@@]4(C)CC[C@@H]32)C1. The zero-order chi connectivity index (χ0) is 47.5. The second-order valence-electron chi connectivity index (χ2n) is 22.9. The van der Waals surface area contributed by atoms with E-state index in [1.807, 2.05) is 21.1 Å². The van der Waals surface area contributed by atoms with E-state index in [9.17, 15) is 19.0 Å². The number of carbonyl (C=O) groups excluding carboxylic acids is 2. The number of fused-ring (bicyclic) bond motifs is 5. The molecule has 3 saturated carbocycles. The number of hydrogen-bond acceptors (Lipinski definition) is 10. The second-order valence-corrected chi connectivity index (χ2v) is 27.0. The fourth-order valence-electron chi connectivity index (χ4n) is 12.4. The molecule has 0 amide bonds. The number of rotatable bonds is 33. The van der Waals surface area contributed by atoms with E-state index >= 15 is 0 Å². The van der Waals surface area contributed by atoms with Crippen LogP contribution in [0.4, 0.5) is 0 Å². The summed E-state index contributed by atoms with van der Waals surface area (Å²) in [6, 6.07) is 0. The van der Waals surface area contributed by atoms with E-state index in [-0.39, 0.29) is 36.8 Å². The fraction of sp³-hybridized carbons (Fsp3) is 0.925. The Labute approximate surface area is 406 Å². The molecule has 9 nitrogen and oxygen atoms in total. The third-order valence-corrected chi connectivity index (χ3v) is 20.0. The minimum atomic E-state index is -4.66. The molecular formula is C53H96NO8PS2. The topological polar surface area (TPSA) is 111 Å². The van der Waals surface area contributed by atoms with Gasteiger partial charge in [0.25, 0.3) is 7.82 Å². The molecule has 4 aliphatic rings. The van der Waals surface area contributed by atoms with Crippen molar-refractivity contribution >= 4 is 41.3 Å². The number of likely N-dealkylation sites (N-methyl/N-ethyl adjacent to an activating group) is 1. The van der Waals surface area contributed by atoms with Crippen LogP contribution in [0.25, 0.3) is 0 Å². The summed E-state index contributed by atoms with van der Waals surface area (Å²) in [7, 11) is 4.44. The zero-order valence-corrected chi connectivity index (χ0v) is 45.4. The number of phosphoric ester groups is 1. The maximum atomic E-state index is 13.2. The first kappa shape index (κ1) is 57.0. The third kappa shape index (κ3) is 19.3. The van der Waals surface area contributed by atoms with Gasteiger partial charge >= 0.3 is 11.9 Å². The highest BCUT2D eigenvalue weighted by molar-refractivity contribution is 8.77. The molecule has 0 saturated heterocycles. The van der Waals surface area contributed by atoms with Crippen molar-refractivity contribution in [1.29, 1.82) is 0 Å². The monoisotopic (exact) mass is 970 g/mol. The maximum Gasteiger partial charge on any atom is 0.317 e. The first-order chi connectivity index (χ1) is 30.9. The van der Waals surface area contributed by atoms with E-state index in [1.165, 1.54) is 133 Å². The lowest BCUT2D eigenvalue weighted by atomic mass is 9.47. The highest BCUT2D eigenvalue weighted by atomic mass is 33.1. The molecular weight excluding hydrogens is 874 g/mol. The standard InChI is InChI=1S/C53H96NO8PS2/c1-10-11-12-13-14-15-16-17-18-19-20-21-22-26-50(55)59-38-44(39-61-63(57,58)60-36-35-54(7,8)9)62-51(56)40-64-65-45-31-33-52(5)43(37-45)27-28-46-48-30-29-47(42(4)25-23-24-41(2)3)53(48,6)34-32-49(46)52/h27,41-42,44-49H,10-26,28-40H2,1-9H3/t42-,44?,45+,46+,47-,48+,49+,52+,53-/m1/s1. The van der Waals surface area contributed by atoms with Crippen molar-refractivity contribution in [2.24, 2.45) is 46.3 Å². The minimum Gasteiger partial charge on any atom is -0.756 e. The summed E-state index contributed by atoms with van der Waals surface area (Å²) in [5.74, 6) is 4.18. The first-order valence-electron chi connectivity index (χ1n) is 26.6. The molecule has 0 radical (unpaired) electrons. The van der Waals surface area contributed by atoms with Crippen LogP contribution in [-0.4, -0.2) is 81.0 Å². The van der Waals surface area contributed by atoms with Crippen molar-refractivity contribution in [3.8, 4) is 0 Å². The fourth-order valence-corrected chi connectivity index (χ4v) is 15.6. The van der Waals surface area contributed by atoms with Crippen LogP contribution < -0.4 is 4.89 Å². The summed E-state index contributed by atoms with van der Waals surface area (Å²) in [4.78, 5) is 38.5. The molecule has 0 spiro atoms. The predicted octanol–water partition coefficient (Wildman–Crippen LogP) is 13.9. The van der Waals surface area contributed by atoms with Gasteiger partial charge in [0.15, 0.2) is 6.10 Å². The number of ether oxygens (including phenoxy) is 2. The summed E-state index contributed by atoms with van der Waals surface area (Å²) in [6.07, 6.45) is 32.1. The molecule has 3 fully saturated rings. The van der Waals surface area contributed by atoms with E-state index < -0.39 is 26.5 Å². The molecule has 4 rings (SSSR count). The van der Waals surface area contributed by atoms with E-state index in [2.05, 4.69) is 47.6 Å². The van der Waals surface area contributed by atoms with Gasteiger partial charge in [0.1, 0.15) is 25.5 Å². The van der Waals surface area contributed by atoms with E-state index in [0.717, 1.165) is 67.6 Å². The van der Waals surface area contributed by atoms with E-state index in [0.29, 0.717) is 21.7 Å². The largest absolute Gasteiger partial charge is 0.756 e. The van der Waals surface area contributed by atoms with Gasteiger partial charge in [-0.1, -0.05) is 171 Å². The molecule has 2 unspecified atom stereocenters. The van der Waals surface area contributed by atoms with Crippen molar-refractivity contribution in [2.75, 3.05) is 53.3 Å². The molecule has 12 heteroatoms. The second kappa shape index (κ2) is 28.3. The van der Waals surface area contributed by atoms with Crippen LogP contribution in [0.3, 0.4) is 0 Å². The van der Waals surface area contributed by atoms with Crippen molar-refractivity contribution in [3.05, 3.63) is 11.6 Å². The quantitative estimate of drug-likeness (QED) is 0.0157. The van der Waals surface area contributed by atoms with Crippen LogP contribution in [0.5, 0.6) is 0 Å². The predicted molar refractivity (Wildman–Crippen MR) is 270 cm³/mol. The average Bonchev–Trinajstić information content (AvgIpc) is 3.60. The van der Waals surface area contributed by atoms with Gasteiger partial charge in [-0.05, 0) is 104 Å². The number of quaternary nitrogens is 1. The van der Waals surface area contributed by atoms with Gasteiger partial charge in [0, 0.05) is 11.7 Å². The number of hydrogen-bond donors (Lipinski definition) is 0. The summed E-state index contributed by atoms with van der Waals surface area (Å²) in [6.45, 7) is 14.5. The van der Waals surface area contributed by atoms with Gasteiger partial charge in [0.2, 0.25) is 0 Å². The highest BCUT2D eigenvalue weighted by Crippen LogP contribution is 2.68. The van der Waals surface area contributed by atoms with Gasteiger partial charge in [-0.25, -0.2) is 0 Å². The van der Waals surface area contributed by atoms with Crippen molar-refractivity contribution < 1.29 is 42.1 Å². The number of carbonyl (C=O) groups is 2. The van der Waals surface area contributed by atoms with E-state index in [4.69, 9.17) is 18.5 Å². The van der Waals surface area contributed by atoms with Gasteiger partial charge in [0.05, 0.1) is 27.7 Å². The molecule has 0 heterocycles. The Balaban J connectivity index is 1.20. The van der Waals surface area contributed by atoms with Crippen LogP contribution in [0, 0.1) is 46.3 Å². The molecule has 378 valence electrons. The summed E-state index contributed by atoms with van der Waals surface area (Å²) >= 11 is 0. The van der Waals surface area contributed by atoms with Crippen molar-refractivity contribution in [2.45, 2.75) is 213 Å². The highest BCUT2D eigenvalue weighted by Gasteiger charge is 2.59. The van der Waals surface area contributed by atoms with Crippen molar-refractivity contribution in [1.82, 2.24) is 0 Å². The average molecular weight is 970 g/mol. The number of unbranched alkanes of at least 4 members (excludes halogenated alkanes) is 12. The number of esters is 2. The Morgan fingerprint density at radius 1 is 0.815 bits per heavy atom. The molecule has 0 bridgehead atoms. The first-order valence-corrected chi connectivity index (χ1v) is 30.4. The molecule has 0 aromatic rings. The van der Waals surface area contributed by atoms with Gasteiger partial charge in [-0.2, -0.15) is 0 Å². The lowest BCUT2D eigenvalue weighted by molar-refractivity contribution is -0.870. The van der Waals surface area contributed by atoms with Gasteiger partial charge in [-0.3, -0.25) is 14.2 Å². The minimum absolute atomic E-state index is 0.0341. The Kier molecular flexibility index (Phi) is 24.9. The summed E-state index contributed by atoms with van der Waals surface area (Å²) in [5, 5.41) is 0.431. The molecule has 0 aromatic heterocycles. The van der Waals surface area contributed by atoms with Gasteiger partial charge in [-0.15, -0.1) is 0 Å². The molecule has 0 aliphatic heterocycles. The summed E-state index contributed by atoms with van der Waals surface area (Å²) < 4.78 is 34.6. The Morgan fingerprint density at radius 3 is 2.12 bits per heavy atom. The molecule has 4 aliphatic carbocycles. The number of nitrogens with zero attached hydrogens (tertiary/aromatic N) is 1. The Hall–Kier alpha value is -0.550. The van der Waals surface area contributed by atoms with E-state index in [1.54, 1.807) is 16.4 Å². The van der Waals surface area contributed by atoms with Crippen molar-refractivity contribution in [3.63, 3.8) is 0 Å². The van der Waals surface area contributed by atoms with Crippen LogP contribution in [0.2, 0.25) is 0 Å². The van der Waals surface area contributed by atoms with Gasteiger partial charge < -0.3 is 27.9 Å². The van der Waals surface area contributed by atoms with Crippen LogP contribution in [0.15, 0.2) is 11.6 Å². The maximum absolute atomic E-state index is 13.2. The Bertz CT molecular complexity index is 1490. The Morgan fingerprint density at radius 2 is 1.48 bits per heavy atom. The molecule has 10 atom stereocenters. The molecule has 0 aromatic carbocycles. The number of allylic oxidation sites excluding steroid dienone is 2. The zero-order valence-electron chi connectivity index (χ0n) is 42.9. The van der Waals surface area contributed by atoms with Crippen LogP contribution >= 0.6 is 29.4 Å². The normalized spacial score (nSPS) is 28.4. The summed E-state index contributed by atoms with van der Waals surface area (Å²) in [5.41, 5.74) is 2.42. The van der Waals surface area contributed by atoms with Crippen LogP contribution in [0.1, 0.15) is 202 Å². The third-order valence-electron chi connectivity index (χ3n) is 16.3. The lowest BCUT2D eigenvalue weighted by Gasteiger charge is -2.58. The number of phosphoric acid groups is 1. The van der Waals surface area contributed by atoms with Crippen LogP contribution in [-0.2, 0) is 32.7 Å². The smallest absolute Gasteiger partial charge is 0.317 e. The lowest BCUT2D eigenvalue weighted by Crippen LogP contribution is -2.50.